The van der Waals surface area contributed by atoms with Gasteiger partial charge in [0.2, 0.25) is 5.91 Å². The summed E-state index contributed by atoms with van der Waals surface area (Å²) >= 11 is 0. The van der Waals surface area contributed by atoms with Crippen LogP contribution in [0.25, 0.3) is 0 Å². The fraction of sp³-hybridized carbons (Fsp3) is 0.609. The summed E-state index contributed by atoms with van der Waals surface area (Å²) in [5, 5.41) is 5.85. The van der Waals surface area contributed by atoms with Gasteiger partial charge in [-0.15, -0.1) is 0 Å². The third-order valence-corrected chi connectivity index (χ3v) is 6.55. The zero-order valence-electron chi connectivity index (χ0n) is 18.2. The monoisotopic (exact) mass is 412 g/mol. The fourth-order valence-electron chi connectivity index (χ4n) is 5.80. The van der Waals surface area contributed by atoms with Gasteiger partial charge in [-0.05, 0) is 55.6 Å². The van der Waals surface area contributed by atoms with Gasteiger partial charge in [-0.2, -0.15) is 0 Å². The Hall–Kier alpha value is -2.57. The summed E-state index contributed by atoms with van der Waals surface area (Å²) in [6, 6.07) is 7.23. The number of benzene rings is 1. The lowest BCUT2D eigenvalue weighted by molar-refractivity contribution is -0.136. The molecule has 30 heavy (non-hydrogen) atoms. The minimum absolute atomic E-state index is 0.0342. The largest absolute Gasteiger partial charge is 0.370 e. The van der Waals surface area contributed by atoms with Gasteiger partial charge in [0, 0.05) is 13.1 Å². The van der Waals surface area contributed by atoms with Crippen LogP contribution >= 0.6 is 0 Å². The van der Waals surface area contributed by atoms with Crippen LogP contribution < -0.4 is 15.5 Å². The predicted molar refractivity (Wildman–Crippen MR) is 116 cm³/mol. The van der Waals surface area contributed by atoms with Gasteiger partial charge in [0.05, 0.1) is 11.4 Å². The standard InChI is InChI=1S/C23H32N4O3/c1-16-12-22(2,3)15-23(13-16)20(29)27(21(30)25-23)14-19(28)24-17-8-4-5-9-18(17)26-10-6-7-11-26/h4-5,8-9,16H,6-7,10-15H2,1-3H3,(H,24,28)(H,25,30)/t16-,23+/m0/s1. The Morgan fingerprint density at radius 2 is 1.87 bits per heavy atom. The molecule has 3 fully saturated rings. The van der Waals surface area contributed by atoms with E-state index in [1.54, 1.807) is 0 Å². The third-order valence-electron chi connectivity index (χ3n) is 6.55. The number of anilines is 2. The minimum atomic E-state index is -0.883. The Bertz CT molecular complexity index is 862. The van der Waals surface area contributed by atoms with Gasteiger partial charge in [-0.3, -0.25) is 14.5 Å². The van der Waals surface area contributed by atoms with Crippen molar-refractivity contribution in [3.8, 4) is 0 Å². The zero-order valence-corrected chi connectivity index (χ0v) is 18.2. The number of rotatable bonds is 4. The Labute approximate surface area is 178 Å². The van der Waals surface area contributed by atoms with Crippen LogP contribution in [0.2, 0.25) is 0 Å². The third kappa shape index (κ3) is 3.89. The fourth-order valence-corrected chi connectivity index (χ4v) is 5.80. The van der Waals surface area contributed by atoms with Crippen molar-refractivity contribution in [2.75, 3.05) is 29.9 Å². The molecule has 1 saturated carbocycles. The van der Waals surface area contributed by atoms with E-state index in [-0.39, 0.29) is 23.8 Å². The van der Waals surface area contributed by atoms with Crippen molar-refractivity contribution in [1.82, 2.24) is 10.2 Å². The molecule has 162 valence electrons. The van der Waals surface area contributed by atoms with Crippen molar-refractivity contribution in [3.05, 3.63) is 24.3 Å². The molecule has 2 N–H and O–H groups in total. The van der Waals surface area contributed by atoms with Crippen LogP contribution in [0.4, 0.5) is 16.2 Å². The molecule has 1 aromatic carbocycles. The molecule has 1 spiro atoms. The summed E-state index contributed by atoms with van der Waals surface area (Å²) < 4.78 is 0. The van der Waals surface area contributed by atoms with Crippen LogP contribution in [0, 0.1) is 11.3 Å². The zero-order chi connectivity index (χ0) is 21.5. The molecule has 0 bridgehead atoms. The summed E-state index contributed by atoms with van der Waals surface area (Å²) in [6.45, 7) is 8.05. The Morgan fingerprint density at radius 1 is 1.17 bits per heavy atom. The highest BCUT2D eigenvalue weighted by atomic mass is 16.2. The maximum atomic E-state index is 13.2. The van der Waals surface area contributed by atoms with Gasteiger partial charge < -0.3 is 15.5 Å². The smallest absolute Gasteiger partial charge is 0.325 e. The lowest BCUT2D eigenvalue weighted by Gasteiger charge is -2.43. The molecule has 0 aromatic heterocycles. The highest BCUT2D eigenvalue weighted by Gasteiger charge is 2.56. The average molecular weight is 413 g/mol. The molecule has 2 atom stereocenters. The number of hydrogen-bond donors (Lipinski definition) is 2. The van der Waals surface area contributed by atoms with E-state index in [1.165, 1.54) is 0 Å². The molecule has 1 aliphatic carbocycles. The first-order valence-electron chi connectivity index (χ1n) is 11.0. The molecule has 0 unspecified atom stereocenters. The first-order chi connectivity index (χ1) is 14.2. The molecular formula is C23H32N4O3. The van der Waals surface area contributed by atoms with Crippen molar-refractivity contribution in [2.45, 2.75) is 58.4 Å². The number of urea groups is 1. The van der Waals surface area contributed by atoms with Gasteiger partial charge in [-0.25, -0.2) is 4.79 Å². The lowest BCUT2D eigenvalue weighted by Crippen LogP contribution is -2.54. The summed E-state index contributed by atoms with van der Waals surface area (Å²) in [5.41, 5.74) is 0.790. The number of hydrogen-bond acceptors (Lipinski definition) is 4. The van der Waals surface area contributed by atoms with E-state index in [1.807, 2.05) is 24.3 Å². The quantitative estimate of drug-likeness (QED) is 0.743. The highest BCUT2D eigenvalue weighted by Crippen LogP contribution is 2.46. The molecule has 3 aliphatic rings. The highest BCUT2D eigenvalue weighted by molar-refractivity contribution is 6.10. The number of carbonyl (C=O) groups is 3. The van der Waals surface area contributed by atoms with Crippen LogP contribution in [0.3, 0.4) is 0 Å². The molecule has 1 aromatic rings. The molecule has 7 nitrogen and oxygen atoms in total. The van der Waals surface area contributed by atoms with Crippen LogP contribution in [-0.2, 0) is 9.59 Å². The topological polar surface area (TPSA) is 81.8 Å². The number of nitrogens with zero attached hydrogens (tertiary/aromatic N) is 2. The van der Waals surface area contributed by atoms with E-state index in [4.69, 9.17) is 0 Å². The molecule has 2 saturated heterocycles. The lowest BCUT2D eigenvalue weighted by atomic mass is 9.64. The summed E-state index contributed by atoms with van der Waals surface area (Å²) in [6.07, 6.45) is 4.52. The summed E-state index contributed by atoms with van der Waals surface area (Å²) in [7, 11) is 0. The average Bonchev–Trinajstić information content (AvgIpc) is 3.24. The Kier molecular flexibility index (Phi) is 5.24. The van der Waals surface area contributed by atoms with Crippen molar-refractivity contribution >= 4 is 29.2 Å². The minimum Gasteiger partial charge on any atom is -0.370 e. The van der Waals surface area contributed by atoms with Crippen molar-refractivity contribution < 1.29 is 14.4 Å². The van der Waals surface area contributed by atoms with Crippen molar-refractivity contribution in [1.29, 1.82) is 0 Å². The number of nitrogens with one attached hydrogen (secondary N) is 2. The summed E-state index contributed by atoms with van der Waals surface area (Å²) in [5.74, 6) is -0.292. The first-order valence-corrected chi connectivity index (χ1v) is 11.0. The second-order valence-corrected chi connectivity index (χ2v) is 10.0. The molecule has 2 heterocycles. The predicted octanol–water partition coefficient (Wildman–Crippen LogP) is 3.36. The van der Waals surface area contributed by atoms with Gasteiger partial charge >= 0.3 is 6.03 Å². The molecule has 4 rings (SSSR count). The number of imide groups is 1. The Morgan fingerprint density at radius 3 is 2.57 bits per heavy atom. The molecule has 0 radical (unpaired) electrons. The van der Waals surface area contributed by atoms with Gasteiger partial charge in [0.25, 0.3) is 5.91 Å². The molecular weight excluding hydrogens is 380 g/mol. The SMILES string of the molecule is C[C@H]1CC(C)(C)C[C@@]2(C1)NC(=O)N(CC(=O)Nc1ccccc1N1CCCC1)C2=O. The van der Waals surface area contributed by atoms with Crippen LogP contribution in [0.15, 0.2) is 24.3 Å². The van der Waals surface area contributed by atoms with Crippen molar-refractivity contribution in [2.24, 2.45) is 11.3 Å². The van der Waals surface area contributed by atoms with Crippen molar-refractivity contribution in [3.63, 3.8) is 0 Å². The van der Waals surface area contributed by atoms with Crippen LogP contribution in [-0.4, -0.2) is 47.9 Å². The number of para-hydroxylation sites is 2. The van der Waals surface area contributed by atoms with Gasteiger partial charge in [0.15, 0.2) is 0 Å². The molecule has 2 aliphatic heterocycles. The Balaban J connectivity index is 1.47. The van der Waals surface area contributed by atoms with E-state index in [2.05, 4.69) is 36.3 Å². The van der Waals surface area contributed by atoms with Gasteiger partial charge in [0.1, 0.15) is 12.1 Å². The molecule has 7 heteroatoms. The van der Waals surface area contributed by atoms with E-state index < -0.39 is 11.6 Å². The van der Waals surface area contributed by atoms with Gasteiger partial charge in [-0.1, -0.05) is 32.9 Å². The maximum Gasteiger partial charge on any atom is 0.325 e. The maximum absolute atomic E-state index is 13.2. The van der Waals surface area contributed by atoms with E-state index in [0.717, 1.165) is 48.6 Å². The van der Waals surface area contributed by atoms with E-state index in [0.29, 0.717) is 18.8 Å². The van der Waals surface area contributed by atoms with Crippen LogP contribution in [0.5, 0.6) is 0 Å². The van der Waals surface area contributed by atoms with Crippen LogP contribution in [0.1, 0.15) is 52.9 Å². The first kappa shape index (κ1) is 20.7. The summed E-state index contributed by atoms with van der Waals surface area (Å²) in [4.78, 5) is 42.0. The van der Waals surface area contributed by atoms with E-state index >= 15 is 0 Å². The second-order valence-electron chi connectivity index (χ2n) is 10.0. The number of amides is 4. The normalized spacial score (nSPS) is 28.2. The second kappa shape index (κ2) is 7.60. The molecule has 4 amide bonds. The van der Waals surface area contributed by atoms with E-state index in [9.17, 15) is 14.4 Å². The number of carbonyl (C=O) groups excluding carboxylic acids is 3.